The van der Waals surface area contributed by atoms with Gasteiger partial charge in [0.2, 0.25) is 0 Å². The Morgan fingerprint density at radius 2 is 1.92 bits per heavy atom. The highest BCUT2D eigenvalue weighted by Crippen LogP contribution is 2.24. The Balaban J connectivity index is 1.81. The highest BCUT2D eigenvalue weighted by atomic mass is 16.5. The van der Waals surface area contributed by atoms with Crippen molar-refractivity contribution in [3.8, 4) is 11.1 Å². The van der Waals surface area contributed by atoms with Gasteiger partial charge < -0.3 is 14.8 Å². The first-order chi connectivity index (χ1) is 12.7. The molecular weight excluding hydrogens is 328 g/mol. The molecule has 132 valence electrons. The van der Waals surface area contributed by atoms with Crippen LogP contribution in [0.3, 0.4) is 0 Å². The maximum atomic E-state index is 12.8. The molecule has 5 nitrogen and oxygen atoms in total. The number of nitrogens with zero attached hydrogens (tertiary/aromatic N) is 1. The van der Waals surface area contributed by atoms with Crippen molar-refractivity contribution in [1.29, 1.82) is 0 Å². The average Bonchev–Trinajstić information content (AvgIpc) is 2.91. The van der Waals surface area contributed by atoms with Crippen LogP contribution in [0.25, 0.3) is 11.1 Å². The molecule has 1 aliphatic carbocycles. The number of rotatable bonds is 5. The van der Waals surface area contributed by atoms with E-state index in [2.05, 4.69) is 10.3 Å². The number of nitrogens with one attached hydrogen (secondary N) is 1. The summed E-state index contributed by atoms with van der Waals surface area (Å²) in [5.74, 6) is 0.906. The van der Waals surface area contributed by atoms with Crippen molar-refractivity contribution >= 4 is 11.6 Å². The van der Waals surface area contributed by atoms with Crippen molar-refractivity contribution in [3.63, 3.8) is 0 Å². The van der Waals surface area contributed by atoms with E-state index >= 15 is 0 Å². The predicted molar refractivity (Wildman–Crippen MR) is 101 cm³/mol. The average molecular weight is 348 g/mol. The second-order valence-corrected chi connectivity index (χ2v) is 5.65. The van der Waals surface area contributed by atoms with Gasteiger partial charge in [-0.05, 0) is 36.3 Å². The van der Waals surface area contributed by atoms with E-state index in [9.17, 15) is 4.79 Å². The number of ether oxygens (including phenoxy) is 2. The number of amides is 1. The maximum Gasteiger partial charge on any atom is 0.259 e. The third kappa shape index (κ3) is 4.00. The molecule has 0 fully saturated rings. The normalized spacial score (nSPS) is 13.7. The van der Waals surface area contributed by atoms with Crippen molar-refractivity contribution in [2.75, 3.05) is 19.5 Å². The maximum absolute atomic E-state index is 12.8. The first-order valence-corrected chi connectivity index (χ1v) is 8.23. The summed E-state index contributed by atoms with van der Waals surface area (Å²) in [6.07, 6.45) is 9.53. The summed E-state index contributed by atoms with van der Waals surface area (Å²) in [5, 5.41) is 2.93. The number of carbonyl (C=O) groups is 1. The largest absolute Gasteiger partial charge is 0.497 e. The molecule has 1 N–H and O–H groups in total. The first kappa shape index (κ1) is 17.5. The van der Waals surface area contributed by atoms with Crippen LogP contribution in [0.15, 0.2) is 84.1 Å². The van der Waals surface area contributed by atoms with Gasteiger partial charge in [-0.3, -0.25) is 9.78 Å². The van der Waals surface area contributed by atoms with Gasteiger partial charge >= 0.3 is 0 Å². The Kier molecular flexibility index (Phi) is 5.49. The van der Waals surface area contributed by atoms with Gasteiger partial charge in [-0.15, -0.1) is 0 Å². The topological polar surface area (TPSA) is 60.5 Å². The van der Waals surface area contributed by atoms with Crippen molar-refractivity contribution in [2.24, 2.45) is 0 Å². The minimum atomic E-state index is -0.229. The highest BCUT2D eigenvalue weighted by molar-refractivity contribution is 6.06. The summed E-state index contributed by atoms with van der Waals surface area (Å²) in [6.45, 7) is 0. The first-order valence-electron chi connectivity index (χ1n) is 8.23. The molecule has 0 spiro atoms. The molecular formula is C21H20N2O3. The lowest BCUT2D eigenvalue weighted by atomic mass is 10.1. The Morgan fingerprint density at radius 1 is 1.08 bits per heavy atom. The molecule has 0 atom stereocenters. The molecule has 1 aromatic carbocycles. The summed E-state index contributed by atoms with van der Waals surface area (Å²) < 4.78 is 10.6. The molecule has 0 saturated heterocycles. The van der Waals surface area contributed by atoms with Gasteiger partial charge in [0.05, 0.1) is 19.8 Å². The van der Waals surface area contributed by atoms with Gasteiger partial charge in [0, 0.05) is 29.7 Å². The molecule has 0 unspecified atom stereocenters. The summed E-state index contributed by atoms with van der Waals surface area (Å²) in [6, 6.07) is 11.5. The van der Waals surface area contributed by atoms with E-state index in [0.29, 0.717) is 29.2 Å². The van der Waals surface area contributed by atoms with Gasteiger partial charge in [-0.1, -0.05) is 24.3 Å². The fourth-order valence-electron chi connectivity index (χ4n) is 2.68. The van der Waals surface area contributed by atoms with Crippen LogP contribution in [0.5, 0.6) is 0 Å². The Labute approximate surface area is 152 Å². The van der Waals surface area contributed by atoms with Gasteiger partial charge in [-0.25, -0.2) is 0 Å². The third-order valence-electron chi connectivity index (χ3n) is 4.00. The highest BCUT2D eigenvalue weighted by Gasteiger charge is 2.18. The van der Waals surface area contributed by atoms with Crippen LogP contribution in [0.1, 0.15) is 6.42 Å². The lowest BCUT2D eigenvalue weighted by molar-refractivity contribution is -0.112. The van der Waals surface area contributed by atoms with E-state index in [1.54, 1.807) is 25.6 Å². The van der Waals surface area contributed by atoms with Gasteiger partial charge in [0.15, 0.2) is 0 Å². The van der Waals surface area contributed by atoms with Crippen LogP contribution in [0.4, 0.5) is 5.69 Å². The molecule has 5 heteroatoms. The fourth-order valence-corrected chi connectivity index (χ4v) is 2.68. The molecule has 1 amide bonds. The van der Waals surface area contributed by atoms with Gasteiger partial charge in [-0.2, -0.15) is 0 Å². The molecule has 0 saturated carbocycles. The van der Waals surface area contributed by atoms with Gasteiger partial charge in [0.1, 0.15) is 11.5 Å². The number of aromatic nitrogens is 1. The Morgan fingerprint density at radius 3 is 2.65 bits per heavy atom. The zero-order valence-electron chi connectivity index (χ0n) is 14.7. The zero-order chi connectivity index (χ0) is 18.4. The van der Waals surface area contributed by atoms with Crippen molar-refractivity contribution in [2.45, 2.75) is 6.42 Å². The molecule has 0 radical (unpaired) electrons. The van der Waals surface area contributed by atoms with Crippen LogP contribution < -0.4 is 5.32 Å². The monoisotopic (exact) mass is 348 g/mol. The molecule has 1 aliphatic rings. The van der Waals surface area contributed by atoms with Crippen molar-refractivity contribution in [3.05, 3.63) is 84.1 Å². The summed E-state index contributed by atoms with van der Waals surface area (Å²) in [5.41, 5.74) is 3.15. The minimum Gasteiger partial charge on any atom is -0.497 e. The smallest absolute Gasteiger partial charge is 0.259 e. The van der Waals surface area contributed by atoms with E-state index in [0.717, 1.165) is 11.1 Å². The second-order valence-electron chi connectivity index (χ2n) is 5.65. The number of hydrogen-bond donors (Lipinski definition) is 1. The van der Waals surface area contributed by atoms with Crippen LogP contribution in [0.2, 0.25) is 0 Å². The zero-order valence-corrected chi connectivity index (χ0v) is 14.7. The molecule has 2 aromatic rings. The van der Waals surface area contributed by atoms with Crippen LogP contribution >= 0.6 is 0 Å². The molecule has 1 heterocycles. The standard InChI is InChI=1S/C21H20N2O3/c1-25-18-9-4-10-19(20(13-18)26-2)21(24)23-17-8-3-6-15(12-17)16-7-5-11-22-14-16/h3,5-14H,4H2,1-2H3,(H,23,24). The predicted octanol–water partition coefficient (Wildman–Crippen LogP) is 4.08. The number of methoxy groups -OCH3 is 2. The molecule has 26 heavy (non-hydrogen) atoms. The number of pyridine rings is 1. The van der Waals surface area contributed by atoms with Gasteiger partial charge in [0.25, 0.3) is 5.91 Å². The van der Waals surface area contributed by atoms with E-state index in [-0.39, 0.29) is 5.91 Å². The van der Waals surface area contributed by atoms with E-state index in [4.69, 9.17) is 9.47 Å². The number of hydrogen-bond acceptors (Lipinski definition) is 4. The van der Waals surface area contributed by atoms with Crippen LogP contribution in [-0.2, 0) is 14.3 Å². The molecule has 3 rings (SSSR count). The molecule has 0 bridgehead atoms. The number of benzene rings is 1. The summed E-state index contributed by atoms with van der Waals surface area (Å²) in [7, 11) is 3.12. The quantitative estimate of drug-likeness (QED) is 0.884. The van der Waals surface area contributed by atoms with E-state index in [1.165, 1.54) is 7.11 Å². The number of anilines is 1. The van der Waals surface area contributed by atoms with Crippen LogP contribution in [0, 0.1) is 0 Å². The number of carbonyl (C=O) groups excluding carboxylic acids is 1. The second kappa shape index (κ2) is 8.16. The van der Waals surface area contributed by atoms with E-state index in [1.807, 2.05) is 48.6 Å². The number of allylic oxidation sites excluding steroid dienone is 3. The third-order valence-corrected chi connectivity index (χ3v) is 4.00. The lowest BCUT2D eigenvalue weighted by Gasteiger charge is -2.12. The molecule has 1 aromatic heterocycles. The molecule has 0 aliphatic heterocycles. The van der Waals surface area contributed by atoms with E-state index < -0.39 is 0 Å². The van der Waals surface area contributed by atoms with Crippen LogP contribution in [-0.4, -0.2) is 25.1 Å². The summed E-state index contributed by atoms with van der Waals surface area (Å²) in [4.78, 5) is 16.9. The fraction of sp³-hybridized carbons (Fsp3) is 0.143. The minimum absolute atomic E-state index is 0.229. The summed E-state index contributed by atoms with van der Waals surface area (Å²) >= 11 is 0. The van der Waals surface area contributed by atoms with Crippen molar-refractivity contribution in [1.82, 2.24) is 4.98 Å². The Bertz CT molecular complexity index is 883. The lowest BCUT2D eigenvalue weighted by Crippen LogP contribution is -2.16. The Hall–Kier alpha value is -3.34. The SMILES string of the molecule is COC1=CCC=C(C(=O)Nc2cccc(-c3cccnc3)c2)C(OC)=C1. The van der Waals surface area contributed by atoms with Crippen molar-refractivity contribution < 1.29 is 14.3 Å².